The van der Waals surface area contributed by atoms with Gasteiger partial charge in [0.15, 0.2) is 23.5 Å². The van der Waals surface area contributed by atoms with Crippen molar-refractivity contribution < 1.29 is 24.2 Å². The van der Waals surface area contributed by atoms with Crippen molar-refractivity contribution in [1.82, 2.24) is 9.78 Å². The number of carbonyl (C=O) groups is 2. The lowest BCUT2D eigenvalue weighted by Gasteiger charge is -2.12. The average Bonchev–Trinajstić information content (AvgIpc) is 2.87. The van der Waals surface area contributed by atoms with Gasteiger partial charge in [-0.25, -0.2) is 4.79 Å². The van der Waals surface area contributed by atoms with Gasteiger partial charge in [0, 0.05) is 12.6 Å². The molecule has 7 heteroatoms. The fourth-order valence-electron chi connectivity index (χ4n) is 2.07. The van der Waals surface area contributed by atoms with E-state index in [0.29, 0.717) is 34.6 Å². The van der Waals surface area contributed by atoms with Gasteiger partial charge in [0.25, 0.3) is 0 Å². The molecule has 0 aliphatic rings. The van der Waals surface area contributed by atoms with E-state index in [4.69, 9.17) is 14.6 Å². The van der Waals surface area contributed by atoms with Crippen LogP contribution in [0.4, 0.5) is 0 Å². The summed E-state index contributed by atoms with van der Waals surface area (Å²) in [6.45, 7) is 0. The first-order valence-corrected chi connectivity index (χ1v) is 6.00. The second-order valence-corrected chi connectivity index (χ2v) is 4.26. The third-order valence-corrected chi connectivity index (χ3v) is 3.03. The Morgan fingerprint density at radius 2 is 2.00 bits per heavy atom. The first-order valence-electron chi connectivity index (χ1n) is 6.00. The summed E-state index contributed by atoms with van der Waals surface area (Å²) in [6.07, 6.45) is 0.652. The number of hydrogen-bond acceptors (Lipinski definition) is 5. The van der Waals surface area contributed by atoms with Crippen LogP contribution in [0.3, 0.4) is 0 Å². The SMILES string of the molecule is COc1cc(-c2cc(C(=O)O)nn2C)cc(C=O)c1OC. The van der Waals surface area contributed by atoms with E-state index in [0.717, 1.165) is 0 Å². The second-order valence-electron chi connectivity index (χ2n) is 4.26. The number of methoxy groups -OCH3 is 2. The molecule has 0 atom stereocenters. The highest BCUT2D eigenvalue weighted by Crippen LogP contribution is 2.35. The lowest BCUT2D eigenvalue weighted by Crippen LogP contribution is -2.00. The van der Waals surface area contributed by atoms with Gasteiger partial charge < -0.3 is 14.6 Å². The molecule has 7 nitrogen and oxygen atoms in total. The molecule has 21 heavy (non-hydrogen) atoms. The van der Waals surface area contributed by atoms with Crippen LogP contribution in [0.5, 0.6) is 11.5 Å². The Hall–Kier alpha value is -2.83. The van der Waals surface area contributed by atoms with Crippen LogP contribution in [0, 0.1) is 0 Å². The molecule has 0 aliphatic heterocycles. The molecule has 1 aromatic heterocycles. The highest BCUT2D eigenvalue weighted by atomic mass is 16.5. The monoisotopic (exact) mass is 290 g/mol. The summed E-state index contributed by atoms with van der Waals surface area (Å²) in [4.78, 5) is 22.2. The molecule has 2 rings (SSSR count). The number of hydrogen-bond donors (Lipinski definition) is 1. The van der Waals surface area contributed by atoms with Crippen LogP contribution in [0.25, 0.3) is 11.3 Å². The molecule has 0 unspecified atom stereocenters. The summed E-state index contributed by atoms with van der Waals surface area (Å²) in [7, 11) is 4.53. The van der Waals surface area contributed by atoms with Gasteiger partial charge in [-0.15, -0.1) is 0 Å². The molecular formula is C14H14N2O5. The Bertz CT molecular complexity index is 706. The molecule has 0 saturated carbocycles. The smallest absolute Gasteiger partial charge is 0.356 e. The van der Waals surface area contributed by atoms with Crippen LogP contribution < -0.4 is 9.47 Å². The van der Waals surface area contributed by atoms with Crippen molar-refractivity contribution in [2.75, 3.05) is 14.2 Å². The Balaban J connectivity index is 2.64. The quantitative estimate of drug-likeness (QED) is 0.841. The Morgan fingerprint density at radius 1 is 1.29 bits per heavy atom. The molecule has 110 valence electrons. The average molecular weight is 290 g/mol. The van der Waals surface area contributed by atoms with Gasteiger partial charge in [-0.05, 0) is 18.2 Å². The maximum Gasteiger partial charge on any atom is 0.356 e. The van der Waals surface area contributed by atoms with Crippen molar-refractivity contribution in [2.45, 2.75) is 0 Å². The largest absolute Gasteiger partial charge is 0.493 e. The number of aromatic nitrogens is 2. The number of aryl methyl sites for hydroxylation is 1. The molecule has 1 N–H and O–H groups in total. The zero-order valence-electron chi connectivity index (χ0n) is 11.8. The molecule has 0 aliphatic carbocycles. The van der Waals surface area contributed by atoms with E-state index in [1.54, 1.807) is 19.2 Å². The van der Waals surface area contributed by atoms with E-state index in [1.165, 1.54) is 25.0 Å². The van der Waals surface area contributed by atoms with Crippen molar-refractivity contribution in [3.8, 4) is 22.8 Å². The third-order valence-electron chi connectivity index (χ3n) is 3.03. The lowest BCUT2D eigenvalue weighted by molar-refractivity contribution is 0.0689. The zero-order valence-corrected chi connectivity index (χ0v) is 11.8. The minimum atomic E-state index is -1.12. The van der Waals surface area contributed by atoms with E-state index in [-0.39, 0.29) is 5.69 Å². The predicted molar refractivity (Wildman–Crippen MR) is 74.1 cm³/mol. The van der Waals surface area contributed by atoms with Crippen molar-refractivity contribution in [3.05, 3.63) is 29.5 Å². The molecule has 0 fully saturated rings. The highest BCUT2D eigenvalue weighted by molar-refractivity contribution is 5.88. The van der Waals surface area contributed by atoms with Gasteiger partial charge in [0.1, 0.15) is 0 Å². The fraction of sp³-hybridized carbons (Fsp3) is 0.214. The van der Waals surface area contributed by atoms with Gasteiger partial charge in [0.05, 0.1) is 25.5 Å². The van der Waals surface area contributed by atoms with Gasteiger partial charge in [0.2, 0.25) is 0 Å². The Kier molecular flexibility index (Phi) is 3.93. The zero-order chi connectivity index (χ0) is 15.6. The first-order chi connectivity index (χ1) is 10.0. The Labute approximate surface area is 120 Å². The molecule has 0 amide bonds. The van der Waals surface area contributed by atoms with Crippen molar-refractivity contribution in [2.24, 2.45) is 7.05 Å². The number of nitrogens with zero attached hydrogens (tertiary/aromatic N) is 2. The second kappa shape index (κ2) is 5.66. The van der Waals surface area contributed by atoms with Gasteiger partial charge >= 0.3 is 5.97 Å². The number of aldehydes is 1. The molecule has 1 aromatic carbocycles. The Morgan fingerprint density at radius 3 is 2.48 bits per heavy atom. The molecule has 2 aromatic rings. The summed E-state index contributed by atoms with van der Waals surface area (Å²) >= 11 is 0. The van der Waals surface area contributed by atoms with Crippen LogP contribution in [0.1, 0.15) is 20.8 Å². The van der Waals surface area contributed by atoms with Crippen molar-refractivity contribution >= 4 is 12.3 Å². The summed E-state index contributed by atoms with van der Waals surface area (Å²) in [5, 5.41) is 12.9. The van der Waals surface area contributed by atoms with E-state index >= 15 is 0 Å². The summed E-state index contributed by atoms with van der Waals surface area (Å²) in [5.74, 6) is -0.403. The van der Waals surface area contributed by atoms with Crippen molar-refractivity contribution in [3.63, 3.8) is 0 Å². The molecule has 1 heterocycles. The molecule has 0 saturated heterocycles. The number of carbonyl (C=O) groups excluding carboxylic acids is 1. The number of benzene rings is 1. The first kappa shape index (κ1) is 14.6. The number of rotatable bonds is 5. The predicted octanol–water partition coefficient (Wildman–Crippen LogP) is 1.61. The van der Waals surface area contributed by atoms with E-state index in [9.17, 15) is 9.59 Å². The minimum Gasteiger partial charge on any atom is -0.493 e. The summed E-state index contributed by atoms with van der Waals surface area (Å²) in [6, 6.07) is 4.68. The van der Waals surface area contributed by atoms with Crippen LogP contribution in [-0.2, 0) is 7.05 Å². The number of carboxylic acid groups (broad SMARTS) is 1. The lowest BCUT2D eigenvalue weighted by atomic mass is 10.1. The minimum absolute atomic E-state index is 0.0741. The third kappa shape index (κ3) is 2.58. The standard InChI is InChI=1S/C14H14N2O5/c1-16-11(6-10(15-16)14(18)19)8-4-9(7-17)13(21-3)12(5-8)20-2/h4-7H,1-3H3,(H,18,19). The van der Waals surface area contributed by atoms with Crippen LogP contribution in [-0.4, -0.2) is 41.4 Å². The maximum absolute atomic E-state index is 11.2. The van der Waals surface area contributed by atoms with E-state index in [1.807, 2.05) is 0 Å². The molecule has 0 bridgehead atoms. The number of carboxylic acids is 1. The van der Waals surface area contributed by atoms with Gasteiger partial charge in [-0.1, -0.05) is 0 Å². The normalized spacial score (nSPS) is 10.2. The van der Waals surface area contributed by atoms with Crippen LogP contribution >= 0.6 is 0 Å². The highest BCUT2D eigenvalue weighted by Gasteiger charge is 2.17. The fourth-order valence-corrected chi connectivity index (χ4v) is 2.07. The maximum atomic E-state index is 11.2. The van der Waals surface area contributed by atoms with Crippen molar-refractivity contribution in [1.29, 1.82) is 0 Å². The van der Waals surface area contributed by atoms with Gasteiger partial charge in [-0.3, -0.25) is 9.48 Å². The van der Waals surface area contributed by atoms with Gasteiger partial charge in [-0.2, -0.15) is 5.10 Å². The van der Waals surface area contributed by atoms with Crippen LogP contribution in [0.2, 0.25) is 0 Å². The van der Waals surface area contributed by atoms with E-state index in [2.05, 4.69) is 5.10 Å². The number of ether oxygens (including phenoxy) is 2. The molecular weight excluding hydrogens is 276 g/mol. The molecule has 0 radical (unpaired) electrons. The van der Waals surface area contributed by atoms with E-state index < -0.39 is 5.97 Å². The topological polar surface area (TPSA) is 90.6 Å². The summed E-state index contributed by atoms with van der Waals surface area (Å²) in [5.41, 5.74) is 1.40. The number of aromatic carboxylic acids is 1. The van der Waals surface area contributed by atoms with Crippen LogP contribution in [0.15, 0.2) is 18.2 Å². The summed E-state index contributed by atoms with van der Waals surface area (Å²) < 4.78 is 11.8. The molecule has 0 spiro atoms.